The molecule has 1 atom stereocenters. The zero-order chi connectivity index (χ0) is 14.2. The number of hydrogen-bond acceptors (Lipinski definition) is 5. The molecule has 0 aliphatic carbocycles. The van der Waals surface area contributed by atoms with Crippen molar-refractivity contribution >= 4 is 33.0 Å². The zero-order valence-electron chi connectivity index (χ0n) is 11.2. The van der Waals surface area contributed by atoms with Crippen molar-refractivity contribution in [2.24, 2.45) is 0 Å². The summed E-state index contributed by atoms with van der Waals surface area (Å²) in [5.41, 5.74) is 0. The van der Waals surface area contributed by atoms with Crippen LogP contribution in [0.2, 0.25) is 5.02 Å². The predicted octanol–water partition coefficient (Wildman–Crippen LogP) is 4.85. The first-order chi connectivity index (χ1) is 10.3. The quantitative estimate of drug-likeness (QED) is 0.677. The van der Waals surface area contributed by atoms with E-state index in [0.717, 1.165) is 40.8 Å². The van der Waals surface area contributed by atoms with E-state index in [2.05, 4.69) is 10.2 Å². The second-order valence-corrected chi connectivity index (χ2v) is 6.47. The topological polar surface area (TPSA) is 48.2 Å². The van der Waals surface area contributed by atoms with Gasteiger partial charge in [-0.3, -0.25) is 0 Å². The highest BCUT2D eigenvalue weighted by Gasteiger charge is 2.24. The number of halogens is 1. The Hall–Kier alpha value is -1.43. The molecule has 108 valence electrons. The fourth-order valence-corrected chi connectivity index (χ4v) is 3.98. The summed E-state index contributed by atoms with van der Waals surface area (Å²) in [7, 11) is 0. The van der Waals surface area contributed by atoms with Crippen molar-refractivity contribution in [1.29, 1.82) is 0 Å². The highest BCUT2D eigenvalue weighted by Crippen LogP contribution is 2.42. The first-order valence-electron chi connectivity index (χ1n) is 6.95. The lowest BCUT2D eigenvalue weighted by molar-refractivity contribution is -0.00125. The monoisotopic (exact) mass is 320 g/mol. The van der Waals surface area contributed by atoms with Gasteiger partial charge in [0.2, 0.25) is 5.89 Å². The number of hydrogen-bond donors (Lipinski definition) is 0. The van der Waals surface area contributed by atoms with Gasteiger partial charge in [-0.15, -0.1) is 21.5 Å². The van der Waals surface area contributed by atoms with E-state index in [1.165, 1.54) is 0 Å². The number of thiophene rings is 1. The van der Waals surface area contributed by atoms with E-state index in [1.54, 1.807) is 11.3 Å². The Morgan fingerprint density at radius 2 is 2.10 bits per heavy atom. The van der Waals surface area contributed by atoms with Gasteiger partial charge in [0, 0.05) is 16.7 Å². The summed E-state index contributed by atoms with van der Waals surface area (Å²) in [6, 6.07) is 8.00. The molecule has 3 aromatic rings. The van der Waals surface area contributed by atoms with Crippen LogP contribution < -0.4 is 0 Å². The van der Waals surface area contributed by atoms with Crippen LogP contribution in [0.4, 0.5) is 0 Å². The largest absolute Gasteiger partial charge is 0.417 e. The van der Waals surface area contributed by atoms with E-state index in [1.807, 2.05) is 24.3 Å². The van der Waals surface area contributed by atoms with E-state index in [-0.39, 0.29) is 6.10 Å². The number of nitrogens with zero attached hydrogens (tertiary/aromatic N) is 2. The SMILES string of the molecule is Clc1c(-c2nnc(C3CCCCO3)o2)sc2ccccc12. The van der Waals surface area contributed by atoms with Gasteiger partial charge < -0.3 is 9.15 Å². The minimum atomic E-state index is -0.0758. The van der Waals surface area contributed by atoms with Crippen molar-refractivity contribution < 1.29 is 9.15 Å². The minimum Gasteiger partial charge on any atom is -0.417 e. The van der Waals surface area contributed by atoms with Gasteiger partial charge in [0.05, 0.1) is 5.02 Å². The fraction of sp³-hybridized carbons (Fsp3) is 0.333. The molecule has 0 N–H and O–H groups in total. The van der Waals surface area contributed by atoms with Gasteiger partial charge in [0.1, 0.15) is 11.0 Å². The summed E-state index contributed by atoms with van der Waals surface area (Å²) in [6.45, 7) is 0.756. The Kier molecular flexibility index (Phi) is 3.41. The smallest absolute Gasteiger partial charge is 0.259 e. The lowest BCUT2D eigenvalue weighted by atomic mass is 10.1. The summed E-state index contributed by atoms with van der Waals surface area (Å²) >= 11 is 8.01. The van der Waals surface area contributed by atoms with Crippen LogP contribution in [-0.4, -0.2) is 16.8 Å². The molecule has 1 fully saturated rings. The molecule has 2 aromatic heterocycles. The Labute approximate surface area is 130 Å². The van der Waals surface area contributed by atoms with Crippen LogP contribution in [0, 0.1) is 0 Å². The lowest BCUT2D eigenvalue weighted by Crippen LogP contribution is -2.11. The van der Waals surface area contributed by atoms with Gasteiger partial charge in [-0.1, -0.05) is 29.8 Å². The predicted molar refractivity (Wildman–Crippen MR) is 82.7 cm³/mol. The number of rotatable bonds is 2. The van der Waals surface area contributed by atoms with E-state index in [4.69, 9.17) is 20.8 Å². The van der Waals surface area contributed by atoms with E-state index < -0.39 is 0 Å². The number of fused-ring (bicyclic) bond motifs is 1. The zero-order valence-corrected chi connectivity index (χ0v) is 12.8. The van der Waals surface area contributed by atoms with Crippen LogP contribution in [0.1, 0.15) is 31.3 Å². The second-order valence-electron chi connectivity index (χ2n) is 5.04. The Bertz CT molecular complexity index is 777. The summed E-state index contributed by atoms with van der Waals surface area (Å²) < 4.78 is 12.6. The van der Waals surface area contributed by atoms with Crippen molar-refractivity contribution in [3.05, 3.63) is 35.2 Å². The molecule has 0 radical (unpaired) electrons. The molecular formula is C15H13ClN2O2S. The average Bonchev–Trinajstić information content (AvgIpc) is 3.14. The molecule has 0 spiro atoms. The maximum Gasteiger partial charge on any atom is 0.259 e. The maximum absolute atomic E-state index is 6.44. The molecule has 1 aliphatic rings. The highest BCUT2D eigenvalue weighted by atomic mass is 35.5. The Morgan fingerprint density at radius 1 is 1.19 bits per heavy atom. The van der Waals surface area contributed by atoms with E-state index in [9.17, 15) is 0 Å². The molecule has 3 heterocycles. The van der Waals surface area contributed by atoms with E-state index in [0.29, 0.717) is 16.8 Å². The molecule has 1 saturated heterocycles. The van der Waals surface area contributed by atoms with Crippen LogP contribution in [0.3, 0.4) is 0 Å². The molecular weight excluding hydrogens is 308 g/mol. The standard InChI is InChI=1S/C15H13ClN2O2S/c16-12-9-5-1-2-7-11(9)21-13(12)15-18-17-14(20-15)10-6-3-4-8-19-10/h1-2,5,7,10H,3-4,6,8H2. The molecule has 1 aliphatic heterocycles. The Morgan fingerprint density at radius 3 is 2.90 bits per heavy atom. The summed E-state index contributed by atoms with van der Waals surface area (Å²) in [4.78, 5) is 0.826. The van der Waals surface area contributed by atoms with Crippen molar-refractivity contribution in [2.45, 2.75) is 25.4 Å². The van der Waals surface area contributed by atoms with Crippen LogP contribution in [0.15, 0.2) is 28.7 Å². The summed E-state index contributed by atoms with van der Waals surface area (Å²) in [6.07, 6.45) is 3.08. The van der Waals surface area contributed by atoms with Gasteiger partial charge in [-0.25, -0.2) is 0 Å². The van der Waals surface area contributed by atoms with E-state index >= 15 is 0 Å². The minimum absolute atomic E-state index is 0.0758. The number of aromatic nitrogens is 2. The third-order valence-corrected chi connectivity index (χ3v) is 5.29. The first kappa shape index (κ1) is 13.2. The fourth-order valence-electron chi connectivity index (χ4n) is 2.54. The molecule has 0 amide bonds. The van der Waals surface area contributed by atoms with Crippen molar-refractivity contribution in [1.82, 2.24) is 10.2 Å². The summed E-state index contributed by atoms with van der Waals surface area (Å²) in [5, 5.41) is 9.98. The molecule has 0 bridgehead atoms. The third kappa shape index (κ3) is 2.35. The lowest BCUT2D eigenvalue weighted by Gasteiger charge is -2.18. The average molecular weight is 321 g/mol. The summed E-state index contributed by atoms with van der Waals surface area (Å²) in [5.74, 6) is 1.03. The van der Waals surface area contributed by atoms with Crippen LogP contribution >= 0.6 is 22.9 Å². The molecule has 4 rings (SSSR count). The van der Waals surface area contributed by atoms with Gasteiger partial charge >= 0.3 is 0 Å². The molecule has 1 aromatic carbocycles. The molecule has 0 saturated carbocycles. The molecule has 1 unspecified atom stereocenters. The maximum atomic E-state index is 6.44. The first-order valence-corrected chi connectivity index (χ1v) is 8.15. The van der Waals surface area contributed by atoms with Crippen LogP contribution in [-0.2, 0) is 4.74 Å². The molecule has 21 heavy (non-hydrogen) atoms. The van der Waals surface area contributed by atoms with Gasteiger partial charge in [0.25, 0.3) is 5.89 Å². The Balaban J connectivity index is 1.72. The van der Waals surface area contributed by atoms with Crippen molar-refractivity contribution in [3.8, 4) is 10.8 Å². The van der Waals surface area contributed by atoms with Gasteiger partial charge in [-0.2, -0.15) is 0 Å². The van der Waals surface area contributed by atoms with Crippen LogP contribution in [0.5, 0.6) is 0 Å². The van der Waals surface area contributed by atoms with Crippen molar-refractivity contribution in [3.63, 3.8) is 0 Å². The number of benzene rings is 1. The highest BCUT2D eigenvalue weighted by molar-refractivity contribution is 7.23. The second kappa shape index (κ2) is 5.40. The normalized spacial score (nSPS) is 19.2. The van der Waals surface area contributed by atoms with Gasteiger partial charge in [0.15, 0.2) is 0 Å². The molecule has 6 heteroatoms. The van der Waals surface area contributed by atoms with Gasteiger partial charge in [-0.05, 0) is 25.3 Å². The number of ether oxygens (including phenoxy) is 1. The molecule has 4 nitrogen and oxygen atoms in total. The van der Waals surface area contributed by atoms with Crippen LogP contribution in [0.25, 0.3) is 20.9 Å². The van der Waals surface area contributed by atoms with Crippen molar-refractivity contribution in [2.75, 3.05) is 6.61 Å². The third-order valence-electron chi connectivity index (χ3n) is 3.62.